The van der Waals surface area contributed by atoms with Gasteiger partial charge in [0.25, 0.3) is 0 Å². The van der Waals surface area contributed by atoms with Crippen LogP contribution in [0.1, 0.15) is 32.6 Å². The number of para-hydroxylation sites is 2. The number of benzene rings is 2. The zero-order chi connectivity index (χ0) is 16.2. The Morgan fingerprint density at radius 1 is 1.00 bits per heavy atom. The number of imidazole rings is 1. The highest BCUT2D eigenvalue weighted by molar-refractivity contribution is 5.80. The number of fused-ring (bicyclic) bond motifs is 1. The molecule has 0 aliphatic rings. The molecule has 0 aliphatic heterocycles. The summed E-state index contributed by atoms with van der Waals surface area (Å²) in [6, 6.07) is 11.2. The van der Waals surface area contributed by atoms with Gasteiger partial charge in [-0.05, 0) is 36.8 Å². The van der Waals surface area contributed by atoms with Crippen molar-refractivity contribution in [3.8, 4) is 11.4 Å². The molecular weight excluding hydrogens is 294 g/mol. The minimum Gasteiger partial charge on any atom is -0.324 e. The zero-order valence-electron chi connectivity index (χ0n) is 13.2. The highest BCUT2D eigenvalue weighted by atomic mass is 19.1. The number of hydrogen-bond donors (Lipinski definition) is 0. The zero-order valence-corrected chi connectivity index (χ0v) is 13.2. The molecule has 3 aromatic rings. The largest absolute Gasteiger partial charge is 0.324 e. The van der Waals surface area contributed by atoms with Crippen LogP contribution in [0.15, 0.2) is 42.5 Å². The first-order chi connectivity index (χ1) is 11.2. The van der Waals surface area contributed by atoms with Gasteiger partial charge in [0.2, 0.25) is 0 Å². The van der Waals surface area contributed by atoms with Crippen molar-refractivity contribution in [2.75, 3.05) is 0 Å². The molecule has 0 spiro atoms. The van der Waals surface area contributed by atoms with Crippen molar-refractivity contribution in [1.29, 1.82) is 0 Å². The van der Waals surface area contributed by atoms with Gasteiger partial charge >= 0.3 is 0 Å². The summed E-state index contributed by atoms with van der Waals surface area (Å²) < 4.78 is 29.8. The molecule has 0 radical (unpaired) electrons. The molecule has 23 heavy (non-hydrogen) atoms. The minimum atomic E-state index is -0.453. The Morgan fingerprint density at radius 3 is 2.65 bits per heavy atom. The second-order valence-electron chi connectivity index (χ2n) is 5.76. The third-order valence-electron chi connectivity index (χ3n) is 4.06. The predicted molar refractivity (Wildman–Crippen MR) is 89.2 cm³/mol. The van der Waals surface area contributed by atoms with Crippen molar-refractivity contribution in [2.45, 2.75) is 39.2 Å². The fourth-order valence-corrected chi connectivity index (χ4v) is 2.87. The van der Waals surface area contributed by atoms with Crippen LogP contribution < -0.4 is 0 Å². The Kier molecular flexibility index (Phi) is 4.70. The summed E-state index contributed by atoms with van der Waals surface area (Å²) in [5.74, 6) is -0.401. The first-order valence-corrected chi connectivity index (χ1v) is 8.11. The standard InChI is InChI=1S/C19H20F2N2/c1-2-3-4-7-12-23-18-9-6-5-8-17(18)22-19(23)15-13-14(20)10-11-16(15)21/h5-6,8-11,13H,2-4,7,12H2,1H3. The highest BCUT2D eigenvalue weighted by Gasteiger charge is 2.16. The lowest BCUT2D eigenvalue weighted by Gasteiger charge is -2.10. The SMILES string of the molecule is CCCCCCn1c(-c2cc(F)ccc2F)nc2ccccc21. The van der Waals surface area contributed by atoms with Crippen LogP contribution in [-0.2, 0) is 6.54 Å². The van der Waals surface area contributed by atoms with E-state index in [0.29, 0.717) is 5.82 Å². The minimum absolute atomic E-state index is 0.219. The van der Waals surface area contributed by atoms with Crippen molar-refractivity contribution in [3.05, 3.63) is 54.1 Å². The number of hydrogen-bond acceptors (Lipinski definition) is 1. The summed E-state index contributed by atoms with van der Waals surface area (Å²) >= 11 is 0. The molecule has 0 bridgehead atoms. The average Bonchev–Trinajstić information content (AvgIpc) is 2.92. The van der Waals surface area contributed by atoms with Gasteiger partial charge in [0, 0.05) is 6.54 Å². The van der Waals surface area contributed by atoms with Gasteiger partial charge in [0.1, 0.15) is 17.5 Å². The summed E-state index contributed by atoms with van der Waals surface area (Å²) in [7, 11) is 0. The molecule has 120 valence electrons. The van der Waals surface area contributed by atoms with E-state index in [0.717, 1.165) is 49.0 Å². The Balaban J connectivity index is 2.06. The average molecular weight is 314 g/mol. The van der Waals surface area contributed by atoms with Gasteiger partial charge in [-0.2, -0.15) is 0 Å². The quantitative estimate of drug-likeness (QED) is 0.544. The lowest BCUT2D eigenvalue weighted by molar-refractivity contribution is 0.585. The monoisotopic (exact) mass is 314 g/mol. The summed E-state index contributed by atoms with van der Waals surface area (Å²) in [5, 5.41) is 0. The number of aryl methyl sites for hydroxylation is 1. The fraction of sp³-hybridized carbons (Fsp3) is 0.316. The van der Waals surface area contributed by atoms with Crippen LogP contribution in [-0.4, -0.2) is 9.55 Å². The van der Waals surface area contributed by atoms with E-state index >= 15 is 0 Å². The molecule has 2 nitrogen and oxygen atoms in total. The van der Waals surface area contributed by atoms with Gasteiger partial charge in [-0.3, -0.25) is 0 Å². The second-order valence-corrected chi connectivity index (χ2v) is 5.76. The molecule has 4 heteroatoms. The van der Waals surface area contributed by atoms with E-state index in [1.165, 1.54) is 12.5 Å². The molecular formula is C19H20F2N2. The summed E-state index contributed by atoms with van der Waals surface area (Å²) in [4.78, 5) is 4.54. The molecule has 0 atom stereocenters. The van der Waals surface area contributed by atoms with Gasteiger partial charge in [-0.1, -0.05) is 38.3 Å². The lowest BCUT2D eigenvalue weighted by Crippen LogP contribution is -2.02. The molecule has 0 fully saturated rings. The molecule has 1 heterocycles. The number of unbranched alkanes of at least 4 members (excludes halogenated alkanes) is 3. The predicted octanol–water partition coefficient (Wildman–Crippen LogP) is 5.56. The summed E-state index contributed by atoms with van der Waals surface area (Å²) in [6.07, 6.45) is 4.46. The number of halogens is 2. The van der Waals surface area contributed by atoms with Gasteiger partial charge in [-0.15, -0.1) is 0 Å². The van der Waals surface area contributed by atoms with E-state index in [1.807, 2.05) is 28.8 Å². The third-order valence-corrected chi connectivity index (χ3v) is 4.06. The number of aromatic nitrogens is 2. The van der Waals surface area contributed by atoms with Gasteiger partial charge < -0.3 is 4.57 Å². The number of nitrogens with zero attached hydrogens (tertiary/aromatic N) is 2. The Hall–Kier alpha value is -2.23. The van der Waals surface area contributed by atoms with E-state index in [-0.39, 0.29) is 5.56 Å². The van der Waals surface area contributed by atoms with Crippen molar-refractivity contribution >= 4 is 11.0 Å². The van der Waals surface area contributed by atoms with E-state index < -0.39 is 11.6 Å². The summed E-state index contributed by atoms with van der Waals surface area (Å²) in [6.45, 7) is 2.92. The van der Waals surface area contributed by atoms with Crippen molar-refractivity contribution < 1.29 is 8.78 Å². The first kappa shape index (κ1) is 15.7. The molecule has 0 saturated carbocycles. The second kappa shape index (κ2) is 6.90. The van der Waals surface area contributed by atoms with Gasteiger partial charge in [0.15, 0.2) is 0 Å². The van der Waals surface area contributed by atoms with Crippen molar-refractivity contribution in [3.63, 3.8) is 0 Å². The number of rotatable bonds is 6. The molecule has 3 rings (SSSR count). The van der Waals surface area contributed by atoms with Crippen molar-refractivity contribution in [1.82, 2.24) is 9.55 Å². The van der Waals surface area contributed by atoms with Crippen LogP contribution in [0.5, 0.6) is 0 Å². The van der Waals surface area contributed by atoms with Crippen LogP contribution in [0.2, 0.25) is 0 Å². The van der Waals surface area contributed by atoms with Crippen LogP contribution in [0, 0.1) is 11.6 Å². The highest BCUT2D eigenvalue weighted by Crippen LogP contribution is 2.28. The van der Waals surface area contributed by atoms with Crippen LogP contribution in [0.3, 0.4) is 0 Å². The van der Waals surface area contributed by atoms with Crippen LogP contribution >= 0.6 is 0 Å². The lowest BCUT2D eigenvalue weighted by atomic mass is 10.1. The molecule has 2 aromatic carbocycles. The Morgan fingerprint density at radius 2 is 1.83 bits per heavy atom. The fourth-order valence-electron chi connectivity index (χ4n) is 2.87. The van der Waals surface area contributed by atoms with Crippen LogP contribution in [0.4, 0.5) is 8.78 Å². The topological polar surface area (TPSA) is 17.8 Å². The Bertz CT molecular complexity index is 808. The van der Waals surface area contributed by atoms with Crippen molar-refractivity contribution in [2.24, 2.45) is 0 Å². The summed E-state index contributed by atoms with van der Waals surface area (Å²) in [5.41, 5.74) is 1.99. The molecule has 0 saturated heterocycles. The van der Waals surface area contributed by atoms with Gasteiger partial charge in [-0.25, -0.2) is 13.8 Å². The molecule has 1 aromatic heterocycles. The molecule has 0 unspecified atom stereocenters. The van der Waals surface area contributed by atoms with E-state index in [4.69, 9.17) is 0 Å². The molecule has 0 amide bonds. The molecule has 0 N–H and O–H groups in total. The van der Waals surface area contributed by atoms with E-state index in [9.17, 15) is 8.78 Å². The molecule has 0 aliphatic carbocycles. The first-order valence-electron chi connectivity index (χ1n) is 8.11. The smallest absolute Gasteiger partial charge is 0.144 e. The Labute approximate surface area is 134 Å². The maximum absolute atomic E-state index is 14.2. The third kappa shape index (κ3) is 3.26. The van der Waals surface area contributed by atoms with Crippen LogP contribution in [0.25, 0.3) is 22.4 Å². The maximum atomic E-state index is 14.2. The van der Waals surface area contributed by atoms with E-state index in [1.54, 1.807) is 0 Å². The van der Waals surface area contributed by atoms with E-state index in [2.05, 4.69) is 11.9 Å². The van der Waals surface area contributed by atoms with Gasteiger partial charge in [0.05, 0.1) is 16.6 Å². The normalized spacial score (nSPS) is 11.3. The maximum Gasteiger partial charge on any atom is 0.144 e.